The van der Waals surface area contributed by atoms with Crippen LogP contribution in [0.25, 0.3) is 0 Å². The highest BCUT2D eigenvalue weighted by atomic mass is 32.2. The molecule has 0 saturated carbocycles. The first-order chi connectivity index (χ1) is 5.24. The summed E-state index contributed by atoms with van der Waals surface area (Å²) in [6, 6.07) is 0. The van der Waals surface area contributed by atoms with Crippen LogP contribution in [0.1, 0.15) is 6.92 Å². The summed E-state index contributed by atoms with van der Waals surface area (Å²) in [6.07, 6.45) is -0.388. The molecule has 5 heteroatoms. The van der Waals surface area contributed by atoms with E-state index >= 15 is 0 Å². The second-order valence-electron chi connectivity index (χ2n) is 2.27. The maximum absolute atomic E-state index is 9.20. The number of nitrogens with one attached hydrogen (secondary N) is 1. The number of thioether (sulfide) groups is 1. The first kappa shape index (κ1) is 8.83. The van der Waals surface area contributed by atoms with E-state index in [0.29, 0.717) is 11.9 Å². The Kier molecular flexibility index (Phi) is 3.16. The van der Waals surface area contributed by atoms with Gasteiger partial charge in [0.2, 0.25) is 5.23 Å². The van der Waals surface area contributed by atoms with Crippen molar-refractivity contribution >= 4 is 17.0 Å². The summed E-state index contributed by atoms with van der Waals surface area (Å²) in [5.41, 5.74) is 0. The van der Waals surface area contributed by atoms with Crippen molar-refractivity contribution < 1.29 is 9.84 Å². The van der Waals surface area contributed by atoms with E-state index in [4.69, 9.17) is 4.74 Å². The van der Waals surface area contributed by atoms with Gasteiger partial charge in [-0.1, -0.05) is 0 Å². The zero-order chi connectivity index (χ0) is 8.27. The molecule has 0 spiro atoms. The highest BCUT2D eigenvalue weighted by molar-refractivity contribution is 8.14. The number of rotatable bonds is 1. The Morgan fingerprint density at radius 3 is 3.18 bits per heavy atom. The van der Waals surface area contributed by atoms with E-state index in [1.807, 2.05) is 0 Å². The maximum Gasteiger partial charge on any atom is 0.248 e. The molecule has 0 aliphatic carbocycles. The maximum atomic E-state index is 9.20. The largest absolute Gasteiger partial charge is 0.476 e. The first-order valence-electron chi connectivity index (χ1n) is 3.40. The standard InChI is InChI=1S/C6H12N2O2S/c1-4(9)5-7-3-8-6(10-2)11-5/h4-5,7,9H,3H2,1-2H3/t4-,5?/m1/s1. The Morgan fingerprint density at radius 2 is 2.64 bits per heavy atom. The number of aliphatic hydroxyl groups is 1. The zero-order valence-corrected chi connectivity index (χ0v) is 7.39. The molecule has 0 fully saturated rings. The van der Waals surface area contributed by atoms with E-state index in [1.165, 1.54) is 11.8 Å². The molecule has 0 aromatic rings. The van der Waals surface area contributed by atoms with Crippen LogP contribution in [-0.4, -0.2) is 35.6 Å². The van der Waals surface area contributed by atoms with Gasteiger partial charge in [0.1, 0.15) is 0 Å². The molecule has 1 heterocycles. The van der Waals surface area contributed by atoms with Crippen molar-refractivity contribution in [2.75, 3.05) is 13.8 Å². The minimum absolute atomic E-state index is 0.00227. The Morgan fingerprint density at radius 1 is 1.91 bits per heavy atom. The lowest BCUT2D eigenvalue weighted by molar-refractivity contribution is 0.179. The van der Waals surface area contributed by atoms with Gasteiger partial charge in [0, 0.05) is 0 Å². The molecule has 4 nitrogen and oxygen atoms in total. The number of ether oxygens (including phenoxy) is 1. The van der Waals surface area contributed by atoms with E-state index in [9.17, 15) is 5.11 Å². The lowest BCUT2D eigenvalue weighted by atomic mass is 10.4. The van der Waals surface area contributed by atoms with Crippen LogP contribution in [0, 0.1) is 0 Å². The summed E-state index contributed by atoms with van der Waals surface area (Å²) in [6.45, 7) is 2.26. The quantitative estimate of drug-likeness (QED) is 0.590. The Balaban J connectivity index is 2.46. The molecular weight excluding hydrogens is 164 g/mol. The second kappa shape index (κ2) is 3.94. The summed E-state index contributed by atoms with van der Waals surface area (Å²) in [4.78, 5) is 4.02. The molecule has 11 heavy (non-hydrogen) atoms. The number of nitrogens with zero attached hydrogens (tertiary/aromatic N) is 1. The fourth-order valence-corrected chi connectivity index (χ4v) is 1.58. The zero-order valence-electron chi connectivity index (χ0n) is 6.57. The van der Waals surface area contributed by atoms with E-state index in [0.717, 1.165) is 0 Å². The summed E-state index contributed by atoms with van der Waals surface area (Å²) < 4.78 is 4.93. The smallest absolute Gasteiger partial charge is 0.248 e. The average Bonchev–Trinajstić information content (AvgIpc) is 2.05. The molecule has 2 N–H and O–H groups in total. The molecule has 2 atom stereocenters. The molecule has 0 saturated heterocycles. The normalized spacial score (nSPS) is 27.5. The summed E-state index contributed by atoms with van der Waals surface area (Å²) >= 11 is 1.41. The van der Waals surface area contributed by atoms with Crippen LogP contribution in [0.15, 0.2) is 4.99 Å². The molecule has 0 bridgehead atoms. The van der Waals surface area contributed by atoms with Crippen molar-refractivity contribution in [2.24, 2.45) is 4.99 Å². The van der Waals surface area contributed by atoms with Crippen molar-refractivity contribution in [1.82, 2.24) is 5.32 Å². The summed E-state index contributed by atoms with van der Waals surface area (Å²) in [5.74, 6) is 0. The second-order valence-corrected chi connectivity index (χ2v) is 3.36. The average molecular weight is 176 g/mol. The molecule has 1 rings (SSSR count). The van der Waals surface area contributed by atoms with Gasteiger partial charge in [-0.2, -0.15) is 0 Å². The van der Waals surface area contributed by atoms with Crippen LogP contribution in [0.2, 0.25) is 0 Å². The van der Waals surface area contributed by atoms with Gasteiger partial charge in [0.25, 0.3) is 0 Å². The summed E-state index contributed by atoms with van der Waals surface area (Å²) in [7, 11) is 1.58. The fraction of sp³-hybridized carbons (Fsp3) is 0.833. The van der Waals surface area contributed by atoms with E-state index < -0.39 is 0 Å². The minimum atomic E-state index is -0.388. The SMILES string of the molecule is COC1=NCNC([C@@H](C)O)S1. The van der Waals surface area contributed by atoms with Crippen LogP contribution in [0.3, 0.4) is 0 Å². The minimum Gasteiger partial charge on any atom is -0.476 e. The number of methoxy groups -OCH3 is 1. The van der Waals surface area contributed by atoms with E-state index in [-0.39, 0.29) is 11.5 Å². The van der Waals surface area contributed by atoms with E-state index in [2.05, 4.69) is 10.3 Å². The van der Waals surface area contributed by atoms with Crippen molar-refractivity contribution in [3.63, 3.8) is 0 Å². The number of aliphatic imine (C=N–C) groups is 1. The Bertz CT molecular complexity index is 161. The predicted molar refractivity (Wildman–Crippen MR) is 45.5 cm³/mol. The molecule has 64 valence electrons. The van der Waals surface area contributed by atoms with Crippen LogP contribution >= 0.6 is 11.8 Å². The van der Waals surface area contributed by atoms with Crippen molar-refractivity contribution in [3.8, 4) is 0 Å². The van der Waals surface area contributed by atoms with Gasteiger partial charge in [-0.25, -0.2) is 4.99 Å². The molecule has 0 aromatic heterocycles. The monoisotopic (exact) mass is 176 g/mol. The third kappa shape index (κ3) is 2.36. The van der Waals surface area contributed by atoms with Crippen molar-refractivity contribution in [3.05, 3.63) is 0 Å². The first-order valence-corrected chi connectivity index (χ1v) is 4.28. The van der Waals surface area contributed by atoms with Gasteiger partial charge in [-0.3, -0.25) is 5.32 Å². The highest BCUT2D eigenvalue weighted by Gasteiger charge is 2.21. The van der Waals surface area contributed by atoms with Crippen LogP contribution in [0.4, 0.5) is 0 Å². The lowest BCUT2D eigenvalue weighted by Crippen LogP contribution is -2.39. The Hall–Kier alpha value is -0.260. The molecule has 0 amide bonds. The third-order valence-corrected chi connectivity index (χ3v) is 2.65. The van der Waals surface area contributed by atoms with E-state index in [1.54, 1.807) is 14.0 Å². The lowest BCUT2D eigenvalue weighted by Gasteiger charge is -2.23. The van der Waals surface area contributed by atoms with Crippen molar-refractivity contribution in [1.29, 1.82) is 0 Å². The van der Waals surface area contributed by atoms with Gasteiger partial charge in [0.15, 0.2) is 0 Å². The van der Waals surface area contributed by atoms with Crippen LogP contribution in [-0.2, 0) is 4.74 Å². The van der Waals surface area contributed by atoms with Crippen LogP contribution < -0.4 is 5.32 Å². The molecule has 0 aromatic carbocycles. The number of aliphatic hydroxyl groups excluding tert-OH is 1. The predicted octanol–water partition coefficient (Wildman–Crippen LogP) is -0.0104. The van der Waals surface area contributed by atoms with Gasteiger partial charge in [-0.05, 0) is 18.7 Å². The molecule has 1 aliphatic rings. The summed E-state index contributed by atoms with van der Waals surface area (Å²) in [5, 5.41) is 12.9. The van der Waals surface area contributed by atoms with Gasteiger partial charge < -0.3 is 9.84 Å². The fourth-order valence-electron chi connectivity index (χ4n) is 0.769. The molecule has 1 unspecified atom stereocenters. The number of hydrogen-bond donors (Lipinski definition) is 2. The van der Waals surface area contributed by atoms with Crippen LogP contribution in [0.5, 0.6) is 0 Å². The Labute approximate surface area is 70.0 Å². The molecule has 0 radical (unpaired) electrons. The highest BCUT2D eigenvalue weighted by Crippen LogP contribution is 2.17. The topological polar surface area (TPSA) is 53.8 Å². The van der Waals surface area contributed by atoms with Gasteiger partial charge in [0.05, 0.1) is 25.3 Å². The molecule has 1 aliphatic heterocycles. The number of hydrogen-bond acceptors (Lipinski definition) is 5. The molecular formula is C6H12N2O2S. The van der Waals surface area contributed by atoms with Crippen molar-refractivity contribution in [2.45, 2.75) is 18.4 Å². The van der Waals surface area contributed by atoms with Gasteiger partial charge in [-0.15, -0.1) is 0 Å². The third-order valence-electron chi connectivity index (χ3n) is 1.34. The van der Waals surface area contributed by atoms with Gasteiger partial charge >= 0.3 is 0 Å².